The Kier molecular flexibility index (Phi) is 3.76. The summed E-state index contributed by atoms with van der Waals surface area (Å²) in [5.41, 5.74) is 2.58. The van der Waals surface area contributed by atoms with Gasteiger partial charge in [0.2, 0.25) is 0 Å². The van der Waals surface area contributed by atoms with Gasteiger partial charge in [-0.3, -0.25) is 4.79 Å². The number of halogens is 1. The quantitative estimate of drug-likeness (QED) is 0.686. The van der Waals surface area contributed by atoms with E-state index >= 15 is 0 Å². The van der Waals surface area contributed by atoms with Crippen LogP contribution in [0.1, 0.15) is 15.9 Å². The second-order valence-corrected chi connectivity index (χ2v) is 5.83. The van der Waals surface area contributed by atoms with E-state index in [9.17, 15) is 4.79 Å². The van der Waals surface area contributed by atoms with Crippen molar-refractivity contribution in [3.8, 4) is 0 Å². The van der Waals surface area contributed by atoms with Gasteiger partial charge in [0.25, 0.3) is 5.91 Å². The van der Waals surface area contributed by atoms with Gasteiger partial charge in [-0.25, -0.2) is 0 Å². The molecule has 104 valence electrons. The van der Waals surface area contributed by atoms with Crippen molar-refractivity contribution in [2.24, 2.45) is 0 Å². The number of hydrogen-bond acceptors (Lipinski definition) is 1. The molecular weight excluding hydrogens is 326 g/mol. The maximum absolute atomic E-state index is 12.3. The molecule has 0 aromatic heterocycles. The first kappa shape index (κ1) is 13.8. The van der Waals surface area contributed by atoms with Gasteiger partial charge in [-0.15, -0.1) is 0 Å². The van der Waals surface area contributed by atoms with Crippen molar-refractivity contribution < 1.29 is 4.79 Å². The predicted octanol–water partition coefficient (Wildman–Crippen LogP) is 5.16. The van der Waals surface area contributed by atoms with E-state index in [1.54, 1.807) is 0 Å². The molecule has 3 heteroatoms. The Hall–Kier alpha value is -2.13. The summed E-state index contributed by atoms with van der Waals surface area (Å²) in [7, 11) is 0. The molecule has 0 aliphatic rings. The lowest BCUT2D eigenvalue weighted by atomic mass is 10.1. The van der Waals surface area contributed by atoms with E-state index < -0.39 is 0 Å². The SMILES string of the molecule is Cc1ccc(NC(=O)c2ccc3ccccc3c2)cc1Br. The molecule has 0 atom stereocenters. The van der Waals surface area contributed by atoms with E-state index in [-0.39, 0.29) is 5.91 Å². The highest BCUT2D eigenvalue weighted by Crippen LogP contribution is 2.22. The summed E-state index contributed by atoms with van der Waals surface area (Å²) >= 11 is 3.47. The summed E-state index contributed by atoms with van der Waals surface area (Å²) in [5, 5.41) is 5.12. The van der Waals surface area contributed by atoms with Gasteiger partial charge in [0, 0.05) is 15.7 Å². The summed E-state index contributed by atoms with van der Waals surface area (Å²) < 4.78 is 0.985. The minimum Gasteiger partial charge on any atom is -0.322 e. The Morgan fingerprint density at radius 3 is 2.48 bits per heavy atom. The minimum absolute atomic E-state index is 0.100. The molecule has 1 N–H and O–H groups in total. The molecule has 0 spiro atoms. The molecule has 0 radical (unpaired) electrons. The topological polar surface area (TPSA) is 29.1 Å². The summed E-state index contributed by atoms with van der Waals surface area (Å²) in [4.78, 5) is 12.3. The molecule has 3 aromatic carbocycles. The number of aryl methyl sites for hydroxylation is 1. The van der Waals surface area contributed by atoms with Crippen LogP contribution in [0.3, 0.4) is 0 Å². The van der Waals surface area contributed by atoms with Gasteiger partial charge >= 0.3 is 0 Å². The molecule has 2 nitrogen and oxygen atoms in total. The van der Waals surface area contributed by atoms with E-state index in [0.717, 1.165) is 26.5 Å². The highest BCUT2D eigenvalue weighted by molar-refractivity contribution is 9.10. The maximum Gasteiger partial charge on any atom is 0.255 e. The Labute approximate surface area is 131 Å². The standard InChI is InChI=1S/C18H14BrNO/c1-12-6-9-16(11-17(12)19)20-18(21)15-8-7-13-4-2-3-5-14(13)10-15/h2-11H,1H3,(H,20,21). The third-order valence-electron chi connectivity index (χ3n) is 3.44. The zero-order valence-electron chi connectivity index (χ0n) is 11.6. The zero-order chi connectivity index (χ0) is 14.8. The Morgan fingerprint density at radius 1 is 0.952 bits per heavy atom. The third-order valence-corrected chi connectivity index (χ3v) is 4.30. The lowest BCUT2D eigenvalue weighted by molar-refractivity contribution is 0.102. The van der Waals surface area contributed by atoms with Gasteiger partial charge in [-0.1, -0.05) is 52.3 Å². The Balaban J connectivity index is 1.87. The molecule has 1 amide bonds. The zero-order valence-corrected chi connectivity index (χ0v) is 13.1. The molecule has 0 aliphatic carbocycles. The molecule has 3 rings (SSSR count). The third kappa shape index (κ3) is 2.98. The number of fused-ring (bicyclic) bond motifs is 1. The number of amides is 1. The molecule has 0 unspecified atom stereocenters. The number of anilines is 1. The molecular formula is C18H14BrNO. The molecule has 3 aromatic rings. The van der Waals surface area contributed by atoms with Gasteiger partial charge in [0.1, 0.15) is 0 Å². The van der Waals surface area contributed by atoms with Crippen molar-refractivity contribution in [3.63, 3.8) is 0 Å². The molecule has 0 saturated carbocycles. The summed E-state index contributed by atoms with van der Waals surface area (Å²) in [6.45, 7) is 2.01. The van der Waals surface area contributed by atoms with E-state index in [2.05, 4.69) is 21.2 Å². The van der Waals surface area contributed by atoms with Gasteiger partial charge in [0.15, 0.2) is 0 Å². The number of hydrogen-bond donors (Lipinski definition) is 1. The van der Waals surface area contributed by atoms with Crippen LogP contribution in [0.25, 0.3) is 10.8 Å². The Morgan fingerprint density at radius 2 is 1.71 bits per heavy atom. The fourth-order valence-corrected chi connectivity index (χ4v) is 2.58. The number of carbonyl (C=O) groups is 1. The van der Waals surface area contributed by atoms with Crippen LogP contribution in [-0.4, -0.2) is 5.91 Å². The average molecular weight is 340 g/mol. The summed E-state index contributed by atoms with van der Waals surface area (Å²) in [5.74, 6) is -0.100. The highest BCUT2D eigenvalue weighted by Gasteiger charge is 2.07. The molecule has 0 aliphatic heterocycles. The van der Waals surface area contributed by atoms with Crippen molar-refractivity contribution >= 4 is 38.3 Å². The van der Waals surface area contributed by atoms with E-state index in [1.807, 2.05) is 67.6 Å². The first-order valence-corrected chi connectivity index (χ1v) is 7.49. The largest absolute Gasteiger partial charge is 0.322 e. The van der Waals surface area contributed by atoms with E-state index in [0.29, 0.717) is 5.56 Å². The second kappa shape index (κ2) is 5.70. The van der Waals surface area contributed by atoms with Crippen LogP contribution in [0, 0.1) is 6.92 Å². The maximum atomic E-state index is 12.3. The van der Waals surface area contributed by atoms with Crippen molar-refractivity contribution in [3.05, 3.63) is 76.3 Å². The Bertz CT molecular complexity index is 826. The van der Waals surface area contributed by atoms with Crippen LogP contribution in [0.4, 0.5) is 5.69 Å². The smallest absolute Gasteiger partial charge is 0.255 e. The highest BCUT2D eigenvalue weighted by atomic mass is 79.9. The monoisotopic (exact) mass is 339 g/mol. The average Bonchev–Trinajstić information content (AvgIpc) is 2.50. The van der Waals surface area contributed by atoms with Crippen LogP contribution < -0.4 is 5.32 Å². The first-order chi connectivity index (χ1) is 10.1. The number of benzene rings is 3. The fraction of sp³-hybridized carbons (Fsp3) is 0.0556. The molecule has 0 bridgehead atoms. The number of rotatable bonds is 2. The van der Waals surface area contributed by atoms with Crippen molar-refractivity contribution in [1.82, 2.24) is 0 Å². The fourth-order valence-electron chi connectivity index (χ4n) is 2.20. The molecule has 0 heterocycles. The predicted molar refractivity (Wildman–Crippen MR) is 90.8 cm³/mol. The van der Waals surface area contributed by atoms with Crippen LogP contribution >= 0.6 is 15.9 Å². The van der Waals surface area contributed by atoms with Gasteiger partial charge in [-0.2, -0.15) is 0 Å². The van der Waals surface area contributed by atoms with Crippen LogP contribution in [0.5, 0.6) is 0 Å². The molecule has 0 saturated heterocycles. The lowest BCUT2D eigenvalue weighted by Crippen LogP contribution is -2.11. The van der Waals surface area contributed by atoms with Gasteiger partial charge in [-0.05, 0) is 47.5 Å². The van der Waals surface area contributed by atoms with Crippen LogP contribution in [0.15, 0.2) is 65.1 Å². The number of carbonyl (C=O) groups excluding carboxylic acids is 1. The normalized spacial score (nSPS) is 10.6. The summed E-state index contributed by atoms with van der Waals surface area (Å²) in [6, 6.07) is 19.5. The van der Waals surface area contributed by atoms with Gasteiger partial charge in [0.05, 0.1) is 0 Å². The van der Waals surface area contributed by atoms with Crippen molar-refractivity contribution in [2.45, 2.75) is 6.92 Å². The lowest BCUT2D eigenvalue weighted by Gasteiger charge is -2.08. The van der Waals surface area contributed by atoms with Gasteiger partial charge < -0.3 is 5.32 Å². The minimum atomic E-state index is -0.100. The van der Waals surface area contributed by atoms with Crippen LogP contribution in [0.2, 0.25) is 0 Å². The second-order valence-electron chi connectivity index (χ2n) is 4.98. The van der Waals surface area contributed by atoms with E-state index in [1.165, 1.54) is 0 Å². The van der Waals surface area contributed by atoms with E-state index in [4.69, 9.17) is 0 Å². The van der Waals surface area contributed by atoms with Crippen LogP contribution in [-0.2, 0) is 0 Å². The number of nitrogens with one attached hydrogen (secondary N) is 1. The first-order valence-electron chi connectivity index (χ1n) is 6.70. The van der Waals surface area contributed by atoms with Crippen molar-refractivity contribution in [1.29, 1.82) is 0 Å². The van der Waals surface area contributed by atoms with Crippen molar-refractivity contribution in [2.75, 3.05) is 5.32 Å². The molecule has 0 fully saturated rings. The summed E-state index contributed by atoms with van der Waals surface area (Å²) in [6.07, 6.45) is 0. The molecule has 21 heavy (non-hydrogen) atoms.